The Bertz CT molecular complexity index is 968. The van der Waals surface area contributed by atoms with Gasteiger partial charge < -0.3 is 15.1 Å². The topological polar surface area (TPSA) is 71.3 Å². The Morgan fingerprint density at radius 1 is 1.23 bits per heavy atom. The van der Waals surface area contributed by atoms with Gasteiger partial charge in [-0.15, -0.1) is 0 Å². The first kappa shape index (κ1) is 22.6. The second-order valence-electron chi connectivity index (χ2n) is 8.13. The zero-order chi connectivity index (χ0) is 22.1. The van der Waals surface area contributed by atoms with Crippen molar-refractivity contribution in [1.82, 2.24) is 10.6 Å². The Kier molecular flexibility index (Phi) is 6.78. The Labute approximate surface area is 185 Å². The molecule has 0 bridgehead atoms. The standard InChI is InChI=1S/C22H25Cl2FN2O3/c1-12-10-14(13(2)30-12)21(29)26-11-17(28)27-20(22(3)8-4-5-9-22)18-16(25)7-6-15(23)19(18)24/h6-7,10,20H,4-5,8-9,11H2,1-3H3,(H,26,29)(H,27,28). The number of aryl methyl sites for hydroxylation is 2. The van der Waals surface area contributed by atoms with Crippen LogP contribution in [0.15, 0.2) is 22.6 Å². The van der Waals surface area contributed by atoms with Crippen LogP contribution in [-0.2, 0) is 4.79 Å². The van der Waals surface area contributed by atoms with Crippen LogP contribution >= 0.6 is 23.2 Å². The molecule has 3 rings (SSSR count). The smallest absolute Gasteiger partial charge is 0.255 e. The number of carbonyl (C=O) groups excluding carboxylic acids is 2. The average Bonchev–Trinajstić information content (AvgIpc) is 3.28. The van der Waals surface area contributed by atoms with Gasteiger partial charge in [-0.3, -0.25) is 9.59 Å². The Morgan fingerprint density at radius 2 is 1.90 bits per heavy atom. The molecule has 1 aromatic heterocycles. The number of rotatable bonds is 6. The lowest BCUT2D eigenvalue weighted by Crippen LogP contribution is -2.43. The summed E-state index contributed by atoms with van der Waals surface area (Å²) in [5, 5.41) is 5.81. The maximum absolute atomic E-state index is 14.8. The second kappa shape index (κ2) is 8.98. The average molecular weight is 455 g/mol. The van der Waals surface area contributed by atoms with Gasteiger partial charge >= 0.3 is 0 Å². The molecule has 1 atom stereocenters. The third kappa shape index (κ3) is 4.65. The van der Waals surface area contributed by atoms with Crippen LogP contribution in [0.4, 0.5) is 4.39 Å². The van der Waals surface area contributed by atoms with Crippen LogP contribution in [0.1, 0.15) is 66.1 Å². The molecule has 8 heteroatoms. The van der Waals surface area contributed by atoms with E-state index >= 15 is 0 Å². The van der Waals surface area contributed by atoms with Crippen LogP contribution in [0.3, 0.4) is 0 Å². The zero-order valence-electron chi connectivity index (χ0n) is 17.2. The summed E-state index contributed by atoms with van der Waals surface area (Å²) < 4.78 is 20.1. The fourth-order valence-corrected chi connectivity index (χ4v) is 4.62. The number of amides is 2. The normalized spacial score (nSPS) is 16.3. The van der Waals surface area contributed by atoms with E-state index in [2.05, 4.69) is 10.6 Å². The maximum atomic E-state index is 14.8. The molecule has 1 heterocycles. The van der Waals surface area contributed by atoms with Gasteiger partial charge in [0, 0.05) is 5.56 Å². The molecule has 0 spiro atoms. The highest BCUT2D eigenvalue weighted by Gasteiger charge is 2.41. The number of hydrogen-bond acceptors (Lipinski definition) is 3. The molecule has 30 heavy (non-hydrogen) atoms. The maximum Gasteiger partial charge on any atom is 0.255 e. The molecular formula is C22H25Cl2FN2O3. The first-order valence-electron chi connectivity index (χ1n) is 9.90. The zero-order valence-corrected chi connectivity index (χ0v) is 18.7. The van der Waals surface area contributed by atoms with Crippen molar-refractivity contribution in [3.05, 3.63) is 56.7 Å². The van der Waals surface area contributed by atoms with E-state index in [-0.39, 0.29) is 27.6 Å². The van der Waals surface area contributed by atoms with E-state index in [9.17, 15) is 14.0 Å². The van der Waals surface area contributed by atoms with Crippen LogP contribution in [0.5, 0.6) is 0 Å². The quantitative estimate of drug-likeness (QED) is 0.565. The van der Waals surface area contributed by atoms with Gasteiger partial charge in [0.05, 0.1) is 28.2 Å². The van der Waals surface area contributed by atoms with Crippen LogP contribution in [0, 0.1) is 25.1 Å². The summed E-state index contributed by atoms with van der Waals surface area (Å²) in [7, 11) is 0. The Balaban J connectivity index is 1.79. The molecule has 1 aromatic carbocycles. The molecule has 0 saturated heterocycles. The van der Waals surface area contributed by atoms with Crippen molar-refractivity contribution in [2.24, 2.45) is 5.41 Å². The van der Waals surface area contributed by atoms with E-state index in [4.69, 9.17) is 27.6 Å². The molecule has 1 aliphatic rings. The van der Waals surface area contributed by atoms with E-state index in [0.717, 1.165) is 25.7 Å². The van der Waals surface area contributed by atoms with Crippen molar-refractivity contribution in [2.45, 2.75) is 52.5 Å². The van der Waals surface area contributed by atoms with Gasteiger partial charge in [-0.2, -0.15) is 0 Å². The SMILES string of the molecule is Cc1cc(C(=O)NCC(=O)NC(c2c(F)ccc(Cl)c2Cl)C2(C)CCCC2)c(C)o1. The summed E-state index contributed by atoms with van der Waals surface area (Å²) in [5.74, 6) is -0.266. The van der Waals surface area contributed by atoms with Gasteiger partial charge in [-0.25, -0.2) is 4.39 Å². The largest absolute Gasteiger partial charge is 0.466 e. The summed E-state index contributed by atoms with van der Waals surface area (Å²) in [6.45, 7) is 5.18. The summed E-state index contributed by atoms with van der Waals surface area (Å²) >= 11 is 12.5. The lowest BCUT2D eigenvalue weighted by atomic mass is 9.77. The van der Waals surface area contributed by atoms with Crippen molar-refractivity contribution in [3.63, 3.8) is 0 Å². The highest BCUT2D eigenvalue weighted by atomic mass is 35.5. The van der Waals surface area contributed by atoms with Crippen LogP contribution < -0.4 is 10.6 Å². The minimum Gasteiger partial charge on any atom is -0.466 e. The first-order chi connectivity index (χ1) is 14.1. The molecule has 0 aliphatic heterocycles. The Hall–Kier alpha value is -2.05. The summed E-state index contributed by atoms with van der Waals surface area (Å²) in [4.78, 5) is 25.1. The van der Waals surface area contributed by atoms with Gasteiger partial charge in [0.25, 0.3) is 5.91 Å². The van der Waals surface area contributed by atoms with Gasteiger partial charge in [-0.1, -0.05) is 43.0 Å². The van der Waals surface area contributed by atoms with Crippen molar-refractivity contribution in [2.75, 3.05) is 6.54 Å². The van der Waals surface area contributed by atoms with E-state index in [1.165, 1.54) is 12.1 Å². The highest BCUT2D eigenvalue weighted by molar-refractivity contribution is 6.42. The number of benzene rings is 1. The fourth-order valence-electron chi connectivity index (χ4n) is 4.20. The summed E-state index contributed by atoms with van der Waals surface area (Å²) in [6, 6.07) is 3.61. The molecule has 1 fully saturated rings. The monoisotopic (exact) mass is 454 g/mol. The highest BCUT2D eigenvalue weighted by Crippen LogP contribution is 2.49. The molecule has 2 N–H and O–H groups in total. The lowest BCUT2D eigenvalue weighted by molar-refractivity contribution is -0.121. The first-order valence-corrected chi connectivity index (χ1v) is 10.7. The molecular weight excluding hydrogens is 430 g/mol. The minimum absolute atomic E-state index is 0.101. The third-order valence-electron chi connectivity index (χ3n) is 5.81. The van der Waals surface area contributed by atoms with Gasteiger partial charge in [0.15, 0.2) is 0 Å². The summed E-state index contributed by atoms with van der Waals surface area (Å²) in [5.41, 5.74) is 0.200. The number of carbonyl (C=O) groups is 2. The van der Waals surface area contributed by atoms with E-state index in [1.807, 2.05) is 6.92 Å². The molecule has 5 nitrogen and oxygen atoms in total. The van der Waals surface area contributed by atoms with Crippen LogP contribution in [0.2, 0.25) is 10.0 Å². The fraction of sp³-hybridized carbons (Fsp3) is 0.455. The van der Waals surface area contributed by atoms with Crippen molar-refractivity contribution >= 4 is 35.0 Å². The minimum atomic E-state index is -0.659. The third-order valence-corrected chi connectivity index (χ3v) is 6.63. The molecule has 0 radical (unpaired) electrons. The molecule has 2 amide bonds. The predicted molar refractivity (Wildman–Crippen MR) is 114 cm³/mol. The van der Waals surface area contributed by atoms with E-state index in [0.29, 0.717) is 17.1 Å². The van der Waals surface area contributed by atoms with Crippen molar-refractivity contribution in [3.8, 4) is 0 Å². The van der Waals surface area contributed by atoms with Gasteiger partial charge in [-0.05, 0) is 50.3 Å². The number of furan rings is 1. The molecule has 1 aliphatic carbocycles. The Morgan fingerprint density at radius 3 is 2.50 bits per heavy atom. The molecule has 162 valence electrons. The molecule has 1 saturated carbocycles. The molecule has 2 aromatic rings. The number of nitrogens with one attached hydrogen (secondary N) is 2. The van der Waals surface area contributed by atoms with Crippen LogP contribution in [0.25, 0.3) is 0 Å². The lowest BCUT2D eigenvalue weighted by Gasteiger charge is -2.36. The van der Waals surface area contributed by atoms with E-state index in [1.54, 1.807) is 19.9 Å². The van der Waals surface area contributed by atoms with Gasteiger partial charge in [0.2, 0.25) is 5.91 Å². The van der Waals surface area contributed by atoms with E-state index < -0.39 is 23.7 Å². The molecule has 1 unspecified atom stereocenters. The number of halogens is 3. The predicted octanol–water partition coefficient (Wildman–Crippen LogP) is 5.51. The van der Waals surface area contributed by atoms with Crippen LogP contribution in [-0.4, -0.2) is 18.4 Å². The second-order valence-corrected chi connectivity index (χ2v) is 8.91. The van der Waals surface area contributed by atoms with Crippen molar-refractivity contribution < 1.29 is 18.4 Å². The van der Waals surface area contributed by atoms with Gasteiger partial charge in [0.1, 0.15) is 17.3 Å². The summed E-state index contributed by atoms with van der Waals surface area (Å²) in [6.07, 6.45) is 3.61. The number of hydrogen-bond donors (Lipinski definition) is 2. The van der Waals surface area contributed by atoms with Crippen molar-refractivity contribution in [1.29, 1.82) is 0 Å².